The van der Waals surface area contributed by atoms with E-state index in [0.29, 0.717) is 50.1 Å². The van der Waals surface area contributed by atoms with Crippen LogP contribution in [0.1, 0.15) is 32.7 Å². The number of amides is 3. The van der Waals surface area contributed by atoms with Gasteiger partial charge in [-0.05, 0) is 42.3 Å². The van der Waals surface area contributed by atoms with Crippen LogP contribution in [0.5, 0.6) is 0 Å². The smallest absolute Gasteiger partial charge is 0.255 e. The largest absolute Gasteiger partial charge is 0.335 e. The number of aromatic nitrogens is 1. The maximum absolute atomic E-state index is 12.8. The SMILES string of the molecule is O=C1CCc2cc(C(=O)N3CCN(C(=O)c4cccnc4)CC3)ccc2N1. The van der Waals surface area contributed by atoms with Gasteiger partial charge < -0.3 is 15.1 Å². The molecule has 1 N–H and O–H groups in total. The molecule has 138 valence electrons. The summed E-state index contributed by atoms with van der Waals surface area (Å²) in [7, 11) is 0. The lowest BCUT2D eigenvalue weighted by atomic mass is 10.00. The van der Waals surface area contributed by atoms with Gasteiger partial charge in [0.15, 0.2) is 0 Å². The number of hydrogen-bond acceptors (Lipinski definition) is 4. The topological polar surface area (TPSA) is 82.6 Å². The maximum Gasteiger partial charge on any atom is 0.255 e. The van der Waals surface area contributed by atoms with Crippen LogP contribution in [0.25, 0.3) is 0 Å². The number of anilines is 1. The third-order valence-electron chi connectivity index (χ3n) is 5.01. The second kappa shape index (κ2) is 7.19. The predicted molar refractivity (Wildman–Crippen MR) is 99.4 cm³/mol. The summed E-state index contributed by atoms with van der Waals surface area (Å²) in [5.41, 5.74) is 2.96. The van der Waals surface area contributed by atoms with Gasteiger partial charge in [0.2, 0.25) is 5.91 Å². The molecule has 0 radical (unpaired) electrons. The highest BCUT2D eigenvalue weighted by atomic mass is 16.2. The van der Waals surface area contributed by atoms with Crippen LogP contribution in [-0.4, -0.2) is 58.7 Å². The summed E-state index contributed by atoms with van der Waals surface area (Å²) in [4.78, 5) is 44.3. The van der Waals surface area contributed by atoms with Gasteiger partial charge >= 0.3 is 0 Å². The Kier molecular flexibility index (Phi) is 4.58. The lowest BCUT2D eigenvalue weighted by molar-refractivity contribution is -0.116. The molecule has 2 aliphatic rings. The van der Waals surface area contributed by atoms with Gasteiger partial charge in [-0.2, -0.15) is 0 Å². The van der Waals surface area contributed by atoms with Crippen LogP contribution < -0.4 is 5.32 Å². The molecule has 3 amide bonds. The number of pyridine rings is 1. The number of carbonyl (C=O) groups excluding carboxylic acids is 3. The number of fused-ring (bicyclic) bond motifs is 1. The number of nitrogens with one attached hydrogen (secondary N) is 1. The van der Waals surface area contributed by atoms with E-state index in [9.17, 15) is 14.4 Å². The zero-order valence-corrected chi connectivity index (χ0v) is 14.9. The minimum Gasteiger partial charge on any atom is -0.335 e. The molecule has 0 spiro atoms. The second-order valence-corrected chi connectivity index (χ2v) is 6.75. The molecule has 2 aromatic rings. The minimum absolute atomic E-state index is 0.0102. The highest BCUT2D eigenvalue weighted by Crippen LogP contribution is 2.24. The molecule has 1 saturated heterocycles. The summed E-state index contributed by atoms with van der Waals surface area (Å²) in [6, 6.07) is 8.90. The van der Waals surface area contributed by atoms with E-state index in [4.69, 9.17) is 0 Å². The van der Waals surface area contributed by atoms with Crippen molar-refractivity contribution in [1.29, 1.82) is 0 Å². The van der Waals surface area contributed by atoms with E-state index in [0.717, 1.165) is 11.3 Å². The summed E-state index contributed by atoms with van der Waals surface area (Å²) < 4.78 is 0. The van der Waals surface area contributed by atoms with Gasteiger partial charge in [-0.15, -0.1) is 0 Å². The van der Waals surface area contributed by atoms with Crippen LogP contribution in [0.15, 0.2) is 42.7 Å². The van der Waals surface area contributed by atoms with Crippen LogP contribution in [0.2, 0.25) is 0 Å². The lowest BCUT2D eigenvalue weighted by Gasteiger charge is -2.35. The highest BCUT2D eigenvalue weighted by Gasteiger charge is 2.26. The predicted octanol–water partition coefficient (Wildman–Crippen LogP) is 1.56. The van der Waals surface area contributed by atoms with E-state index in [1.165, 1.54) is 0 Å². The van der Waals surface area contributed by atoms with Gasteiger partial charge in [-0.25, -0.2) is 0 Å². The number of hydrogen-bond donors (Lipinski definition) is 1. The average Bonchev–Trinajstić information content (AvgIpc) is 2.73. The Morgan fingerprint density at radius 2 is 1.63 bits per heavy atom. The molecule has 7 nitrogen and oxygen atoms in total. The number of aryl methyl sites for hydroxylation is 1. The Labute approximate surface area is 157 Å². The molecule has 1 aromatic heterocycles. The van der Waals surface area contributed by atoms with Crippen molar-refractivity contribution in [3.05, 3.63) is 59.4 Å². The third-order valence-corrected chi connectivity index (χ3v) is 5.01. The first-order valence-corrected chi connectivity index (χ1v) is 9.03. The Hall–Kier alpha value is -3.22. The van der Waals surface area contributed by atoms with Gasteiger partial charge in [0.25, 0.3) is 11.8 Å². The molecule has 3 heterocycles. The van der Waals surface area contributed by atoms with E-state index in [1.54, 1.807) is 46.5 Å². The summed E-state index contributed by atoms with van der Waals surface area (Å²) in [6.45, 7) is 2.00. The molecule has 1 fully saturated rings. The van der Waals surface area contributed by atoms with E-state index in [2.05, 4.69) is 10.3 Å². The van der Waals surface area contributed by atoms with E-state index in [1.807, 2.05) is 6.07 Å². The molecular weight excluding hydrogens is 344 g/mol. The number of benzene rings is 1. The molecule has 4 rings (SSSR count). The van der Waals surface area contributed by atoms with Crippen molar-refractivity contribution in [3.63, 3.8) is 0 Å². The maximum atomic E-state index is 12.8. The van der Waals surface area contributed by atoms with E-state index < -0.39 is 0 Å². The van der Waals surface area contributed by atoms with Crippen molar-refractivity contribution in [3.8, 4) is 0 Å². The fraction of sp³-hybridized carbons (Fsp3) is 0.300. The van der Waals surface area contributed by atoms with Crippen molar-refractivity contribution in [2.45, 2.75) is 12.8 Å². The fourth-order valence-corrected chi connectivity index (χ4v) is 3.48. The Morgan fingerprint density at radius 3 is 2.30 bits per heavy atom. The molecule has 0 bridgehead atoms. The zero-order valence-electron chi connectivity index (χ0n) is 14.9. The number of rotatable bonds is 2. The van der Waals surface area contributed by atoms with Crippen molar-refractivity contribution in [1.82, 2.24) is 14.8 Å². The molecule has 1 aromatic carbocycles. The normalized spacial score (nSPS) is 16.5. The van der Waals surface area contributed by atoms with Crippen LogP contribution in [0, 0.1) is 0 Å². The Balaban J connectivity index is 1.40. The third kappa shape index (κ3) is 3.53. The first kappa shape index (κ1) is 17.2. The zero-order chi connectivity index (χ0) is 18.8. The van der Waals surface area contributed by atoms with Gasteiger partial charge in [0, 0.05) is 56.2 Å². The van der Waals surface area contributed by atoms with Gasteiger partial charge in [0.05, 0.1) is 5.56 Å². The Bertz CT molecular complexity index is 889. The summed E-state index contributed by atoms with van der Waals surface area (Å²) in [5.74, 6) is -0.0844. The summed E-state index contributed by atoms with van der Waals surface area (Å²) in [5, 5.41) is 2.83. The quantitative estimate of drug-likeness (QED) is 0.877. The number of carbonyl (C=O) groups is 3. The fourth-order valence-electron chi connectivity index (χ4n) is 3.48. The number of nitrogens with zero attached hydrogens (tertiary/aromatic N) is 3. The van der Waals surface area contributed by atoms with E-state index >= 15 is 0 Å². The standard InChI is InChI=1S/C20H20N4O3/c25-18-6-4-14-12-15(3-5-17(14)22-18)19(26)23-8-10-24(11-9-23)20(27)16-2-1-7-21-13-16/h1-3,5,7,12-13H,4,6,8-11H2,(H,22,25). The highest BCUT2D eigenvalue weighted by molar-refractivity contribution is 5.98. The van der Waals surface area contributed by atoms with Gasteiger partial charge in [-0.1, -0.05) is 0 Å². The lowest BCUT2D eigenvalue weighted by Crippen LogP contribution is -2.50. The molecule has 0 saturated carbocycles. The minimum atomic E-state index is -0.0558. The van der Waals surface area contributed by atoms with Crippen molar-refractivity contribution in [2.24, 2.45) is 0 Å². The molecule has 27 heavy (non-hydrogen) atoms. The molecule has 0 unspecified atom stereocenters. The van der Waals surface area contributed by atoms with E-state index in [-0.39, 0.29) is 17.7 Å². The molecule has 7 heteroatoms. The summed E-state index contributed by atoms with van der Waals surface area (Å²) >= 11 is 0. The van der Waals surface area contributed by atoms with Crippen molar-refractivity contribution in [2.75, 3.05) is 31.5 Å². The number of piperazine rings is 1. The molecular formula is C20H20N4O3. The van der Waals surface area contributed by atoms with Crippen LogP contribution in [-0.2, 0) is 11.2 Å². The second-order valence-electron chi connectivity index (χ2n) is 6.75. The van der Waals surface area contributed by atoms with Crippen LogP contribution in [0.4, 0.5) is 5.69 Å². The van der Waals surface area contributed by atoms with Crippen LogP contribution >= 0.6 is 0 Å². The van der Waals surface area contributed by atoms with Crippen LogP contribution in [0.3, 0.4) is 0 Å². The summed E-state index contributed by atoms with van der Waals surface area (Å²) in [6.07, 6.45) is 4.29. The van der Waals surface area contributed by atoms with Crippen molar-refractivity contribution < 1.29 is 14.4 Å². The average molecular weight is 364 g/mol. The first-order chi connectivity index (χ1) is 13.1. The molecule has 2 aliphatic heterocycles. The molecule has 0 atom stereocenters. The van der Waals surface area contributed by atoms with Gasteiger partial charge in [-0.3, -0.25) is 19.4 Å². The monoisotopic (exact) mass is 364 g/mol. The van der Waals surface area contributed by atoms with Crippen molar-refractivity contribution >= 4 is 23.4 Å². The molecule has 0 aliphatic carbocycles. The van der Waals surface area contributed by atoms with Gasteiger partial charge in [0.1, 0.15) is 0 Å². The Morgan fingerprint density at radius 1 is 0.926 bits per heavy atom. The first-order valence-electron chi connectivity index (χ1n) is 9.03.